The van der Waals surface area contributed by atoms with Gasteiger partial charge < -0.3 is 10.6 Å². The summed E-state index contributed by atoms with van der Waals surface area (Å²) in [4.78, 5) is 41.6. The minimum atomic E-state index is -4.50. The Morgan fingerprint density at radius 3 is 2.10 bits per heavy atom. The van der Waals surface area contributed by atoms with E-state index in [1.165, 1.54) is 0 Å². The third-order valence-electron chi connectivity index (χ3n) is 6.16. The van der Waals surface area contributed by atoms with Gasteiger partial charge in [-0.3, -0.25) is 14.4 Å². The zero-order valence-corrected chi connectivity index (χ0v) is 22.3. The molecule has 0 radical (unpaired) electrons. The fourth-order valence-electron chi connectivity index (χ4n) is 4.08. The quantitative estimate of drug-likeness (QED) is 0.228. The number of halogens is 3. The van der Waals surface area contributed by atoms with Crippen molar-refractivity contribution in [1.82, 2.24) is 0 Å². The molecule has 0 spiro atoms. The molecule has 41 heavy (non-hydrogen) atoms. The number of nitrogens with one attached hydrogen (secondary N) is 2. The van der Waals surface area contributed by atoms with Crippen LogP contribution in [0.3, 0.4) is 0 Å². The molecule has 2 N–H and O–H groups in total. The average molecular weight is 574 g/mol. The van der Waals surface area contributed by atoms with Gasteiger partial charge in [-0.25, -0.2) is 4.90 Å². The molecule has 0 unspecified atom stereocenters. The van der Waals surface area contributed by atoms with Crippen LogP contribution in [0.15, 0.2) is 119 Å². The van der Waals surface area contributed by atoms with Crippen molar-refractivity contribution in [2.24, 2.45) is 0 Å². The summed E-state index contributed by atoms with van der Waals surface area (Å²) in [6.07, 6.45) is -4.50. The minimum Gasteiger partial charge on any atom is -0.350 e. The van der Waals surface area contributed by atoms with Crippen molar-refractivity contribution >= 4 is 46.5 Å². The number of carbonyl (C=O) groups excluding carboxylic acids is 3. The van der Waals surface area contributed by atoms with Crippen molar-refractivity contribution in [3.8, 4) is 0 Å². The van der Waals surface area contributed by atoms with Crippen LogP contribution in [0.5, 0.6) is 0 Å². The third-order valence-corrected chi connectivity index (χ3v) is 7.24. The van der Waals surface area contributed by atoms with Crippen LogP contribution in [0, 0.1) is 6.92 Å². The maximum absolute atomic E-state index is 13.6. The molecule has 206 valence electrons. The van der Waals surface area contributed by atoms with Gasteiger partial charge in [0.25, 0.3) is 17.7 Å². The highest BCUT2D eigenvalue weighted by Gasteiger charge is 2.40. The lowest BCUT2D eigenvalue weighted by atomic mass is 10.1. The molecule has 1 heterocycles. The Bertz CT molecular complexity index is 1650. The van der Waals surface area contributed by atoms with Gasteiger partial charge in [-0.05, 0) is 73.7 Å². The molecule has 3 amide bonds. The van der Waals surface area contributed by atoms with Crippen LogP contribution in [0.2, 0.25) is 0 Å². The van der Waals surface area contributed by atoms with Crippen LogP contribution in [0.4, 0.5) is 30.2 Å². The second kappa shape index (κ2) is 11.3. The fraction of sp³-hybridized carbons (Fsp3) is 0.0645. The molecule has 0 aromatic heterocycles. The normalized spacial score (nSPS) is 13.5. The number of nitrogens with zero attached hydrogens (tertiary/aromatic N) is 1. The molecule has 1 aliphatic rings. The van der Waals surface area contributed by atoms with Crippen LogP contribution in [0.1, 0.15) is 21.5 Å². The highest BCUT2D eigenvalue weighted by atomic mass is 32.2. The summed E-state index contributed by atoms with van der Waals surface area (Å²) in [6.45, 7) is 1.91. The molecule has 4 aromatic rings. The molecule has 0 atom stereocenters. The molecular formula is C31H22F3N3O3S. The first kappa shape index (κ1) is 27.7. The van der Waals surface area contributed by atoms with Gasteiger partial charge in [0.05, 0.1) is 11.3 Å². The Morgan fingerprint density at radius 1 is 0.780 bits per heavy atom. The van der Waals surface area contributed by atoms with Gasteiger partial charge in [0.1, 0.15) is 10.6 Å². The first-order valence-electron chi connectivity index (χ1n) is 12.4. The van der Waals surface area contributed by atoms with Crippen LogP contribution < -0.4 is 15.5 Å². The molecule has 4 aromatic carbocycles. The van der Waals surface area contributed by atoms with Crippen LogP contribution in [-0.4, -0.2) is 17.7 Å². The van der Waals surface area contributed by atoms with Crippen LogP contribution in [0.25, 0.3) is 0 Å². The van der Waals surface area contributed by atoms with Gasteiger partial charge in [-0.1, -0.05) is 53.7 Å². The number of rotatable bonds is 7. The number of para-hydroxylation sites is 1. The molecule has 1 aliphatic heterocycles. The molecular weight excluding hydrogens is 551 g/mol. The van der Waals surface area contributed by atoms with Crippen molar-refractivity contribution in [1.29, 1.82) is 0 Å². The standard InChI is InChI=1S/C31H22F3N3O3S/c1-19-10-16-24(17-11-19)37-29(39)26(35-22-6-3-2-4-7-22)27(30(37)40)41-25-9-5-8-23(18-25)36-28(38)20-12-14-21(15-13-20)31(32,33)34/h2-18,35H,1H3,(H,36,38). The first-order valence-corrected chi connectivity index (χ1v) is 13.2. The number of alkyl halides is 3. The van der Waals surface area contributed by atoms with Crippen LogP contribution >= 0.6 is 11.8 Å². The lowest BCUT2D eigenvalue weighted by Crippen LogP contribution is -2.32. The Kier molecular flexibility index (Phi) is 7.67. The summed E-state index contributed by atoms with van der Waals surface area (Å²) in [6, 6.07) is 26.5. The van der Waals surface area contributed by atoms with E-state index >= 15 is 0 Å². The fourth-order valence-corrected chi connectivity index (χ4v) is 5.06. The molecule has 0 aliphatic carbocycles. The third kappa shape index (κ3) is 6.17. The van der Waals surface area contributed by atoms with E-state index < -0.39 is 29.5 Å². The number of thioether (sulfide) groups is 1. The van der Waals surface area contributed by atoms with E-state index in [1.54, 1.807) is 60.7 Å². The van der Waals surface area contributed by atoms with E-state index in [9.17, 15) is 27.6 Å². The molecule has 10 heteroatoms. The predicted octanol–water partition coefficient (Wildman–Crippen LogP) is 7.26. The van der Waals surface area contributed by atoms with Gasteiger partial charge in [0, 0.05) is 21.8 Å². The van der Waals surface area contributed by atoms with Crippen molar-refractivity contribution in [3.05, 3.63) is 130 Å². The summed E-state index contributed by atoms with van der Waals surface area (Å²) in [5, 5.41) is 5.75. The largest absolute Gasteiger partial charge is 0.416 e. The number of anilines is 3. The lowest BCUT2D eigenvalue weighted by Gasteiger charge is -2.15. The second-order valence-electron chi connectivity index (χ2n) is 9.14. The zero-order chi connectivity index (χ0) is 29.1. The van der Waals surface area contributed by atoms with Crippen molar-refractivity contribution in [2.75, 3.05) is 15.5 Å². The van der Waals surface area contributed by atoms with E-state index in [0.29, 0.717) is 22.0 Å². The van der Waals surface area contributed by atoms with Crippen molar-refractivity contribution < 1.29 is 27.6 Å². The molecule has 0 bridgehead atoms. The SMILES string of the molecule is Cc1ccc(N2C(=O)C(Nc3ccccc3)=C(Sc3cccc(NC(=O)c4ccc(C(F)(F)F)cc4)c3)C2=O)cc1. The molecule has 0 fully saturated rings. The lowest BCUT2D eigenvalue weighted by molar-refractivity contribution is -0.137. The molecule has 0 saturated heterocycles. The predicted molar refractivity (Wildman–Crippen MR) is 152 cm³/mol. The topological polar surface area (TPSA) is 78.5 Å². The smallest absolute Gasteiger partial charge is 0.350 e. The number of amides is 3. The highest BCUT2D eigenvalue weighted by Crippen LogP contribution is 2.38. The maximum Gasteiger partial charge on any atom is 0.416 e. The number of hydrogen-bond donors (Lipinski definition) is 2. The van der Waals surface area contributed by atoms with Gasteiger partial charge in [-0.15, -0.1) is 0 Å². The van der Waals surface area contributed by atoms with Gasteiger partial charge >= 0.3 is 6.18 Å². The number of benzene rings is 4. The number of carbonyl (C=O) groups is 3. The molecule has 6 nitrogen and oxygen atoms in total. The molecule has 0 saturated carbocycles. The zero-order valence-electron chi connectivity index (χ0n) is 21.5. The van der Waals surface area contributed by atoms with Crippen molar-refractivity contribution in [3.63, 3.8) is 0 Å². The van der Waals surface area contributed by atoms with E-state index in [4.69, 9.17) is 0 Å². The van der Waals surface area contributed by atoms with E-state index in [0.717, 1.165) is 46.5 Å². The average Bonchev–Trinajstić information content (AvgIpc) is 3.18. The monoisotopic (exact) mass is 573 g/mol. The number of aryl methyl sites for hydroxylation is 1. The van der Waals surface area contributed by atoms with Gasteiger partial charge in [-0.2, -0.15) is 13.2 Å². The summed E-state index contributed by atoms with van der Waals surface area (Å²) in [7, 11) is 0. The minimum absolute atomic E-state index is 0.0541. The molecule has 5 rings (SSSR count). The highest BCUT2D eigenvalue weighted by molar-refractivity contribution is 8.04. The Labute approximate surface area is 237 Å². The Morgan fingerprint density at radius 2 is 1.44 bits per heavy atom. The summed E-state index contributed by atoms with van der Waals surface area (Å²) in [5.74, 6) is -1.59. The van der Waals surface area contributed by atoms with Gasteiger partial charge in [0.2, 0.25) is 0 Å². The Hall–Kier alpha value is -4.83. The van der Waals surface area contributed by atoms with Crippen LogP contribution in [-0.2, 0) is 15.8 Å². The van der Waals surface area contributed by atoms with E-state index in [-0.39, 0.29) is 16.2 Å². The summed E-state index contributed by atoms with van der Waals surface area (Å²) >= 11 is 1.06. The van der Waals surface area contributed by atoms with Crippen molar-refractivity contribution in [2.45, 2.75) is 18.0 Å². The second-order valence-corrected chi connectivity index (χ2v) is 10.2. The number of hydrogen-bond acceptors (Lipinski definition) is 5. The van der Waals surface area contributed by atoms with Gasteiger partial charge in [0.15, 0.2) is 0 Å². The number of imide groups is 1. The summed E-state index contributed by atoms with van der Waals surface area (Å²) < 4.78 is 38.6. The van der Waals surface area contributed by atoms with E-state index in [2.05, 4.69) is 10.6 Å². The maximum atomic E-state index is 13.6. The van der Waals surface area contributed by atoms with E-state index in [1.807, 2.05) is 25.1 Å². The Balaban J connectivity index is 1.41. The summed E-state index contributed by atoms with van der Waals surface area (Å²) in [5.41, 5.74) is 1.73. The first-order chi connectivity index (χ1) is 19.6.